The zero-order valence-corrected chi connectivity index (χ0v) is 37.0. The third-order valence-corrected chi connectivity index (χ3v) is 14.4. The molecule has 12 rings (SSSR count). The highest BCUT2D eigenvalue weighted by molar-refractivity contribution is 7.26. The molecule has 0 fully saturated rings. The maximum atomic E-state index is 2.39. The van der Waals surface area contributed by atoms with Crippen molar-refractivity contribution >= 4 is 114 Å². The molecule has 10 aromatic carbocycles. The predicted octanol–water partition coefficient (Wildman–Crippen LogP) is 18.5. The quantitative estimate of drug-likeness (QED) is 0.136. The second-order valence-corrected chi connectivity index (χ2v) is 18.4. The molecule has 0 radical (unpaired) electrons. The molecule has 0 aliphatic carbocycles. The van der Waals surface area contributed by atoms with Crippen LogP contribution in [0.15, 0.2) is 249 Å². The molecule has 0 saturated heterocycles. The first-order chi connectivity index (χ1) is 32.2. The molecular formula is C60H41N3S2. The van der Waals surface area contributed by atoms with Gasteiger partial charge in [-0.05, 0) is 132 Å². The van der Waals surface area contributed by atoms with E-state index in [9.17, 15) is 0 Å². The molecule has 0 N–H and O–H groups in total. The summed E-state index contributed by atoms with van der Waals surface area (Å²) >= 11 is 3.72. The number of rotatable bonds is 10. The summed E-state index contributed by atoms with van der Waals surface area (Å²) in [7, 11) is 0. The third-order valence-electron chi connectivity index (χ3n) is 12.2. The van der Waals surface area contributed by atoms with Crippen molar-refractivity contribution in [1.82, 2.24) is 0 Å². The minimum atomic E-state index is 1.07. The third kappa shape index (κ3) is 7.27. The van der Waals surface area contributed by atoms with Gasteiger partial charge in [0.1, 0.15) is 0 Å². The van der Waals surface area contributed by atoms with Gasteiger partial charge in [0.25, 0.3) is 0 Å². The highest BCUT2D eigenvalue weighted by atomic mass is 32.1. The summed E-state index contributed by atoms with van der Waals surface area (Å²) in [6, 6.07) is 90.0. The largest absolute Gasteiger partial charge is 0.310 e. The lowest BCUT2D eigenvalue weighted by atomic mass is 10.0. The maximum Gasteiger partial charge on any atom is 0.0488 e. The van der Waals surface area contributed by atoms with Crippen LogP contribution in [0.1, 0.15) is 0 Å². The number of para-hydroxylation sites is 5. The van der Waals surface area contributed by atoms with Gasteiger partial charge in [0, 0.05) is 91.5 Å². The number of nitrogens with zero attached hydrogens (tertiary/aromatic N) is 3. The van der Waals surface area contributed by atoms with Crippen LogP contribution >= 0.6 is 22.7 Å². The van der Waals surface area contributed by atoms with E-state index in [1.165, 1.54) is 40.3 Å². The van der Waals surface area contributed by atoms with Gasteiger partial charge in [-0.1, -0.05) is 127 Å². The molecule has 2 heterocycles. The lowest BCUT2D eigenvalue weighted by molar-refractivity contribution is 1.25. The fourth-order valence-corrected chi connectivity index (χ4v) is 11.4. The van der Waals surface area contributed by atoms with Gasteiger partial charge in [-0.15, -0.1) is 22.7 Å². The molecular weight excluding hydrogens is 827 g/mol. The van der Waals surface area contributed by atoms with Crippen molar-refractivity contribution < 1.29 is 0 Å². The number of hydrogen-bond acceptors (Lipinski definition) is 5. The van der Waals surface area contributed by atoms with Gasteiger partial charge in [0.05, 0.1) is 0 Å². The minimum absolute atomic E-state index is 1.07. The first-order valence-electron chi connectivity index (χ1n) is 21.9. The molecule has 65 heavy (non-hydrogen) atoms. The van der Waals surface area contributed by atoms with Crippen LogP contribution in [-0.4, -0.2) is 0 Å². The number of benzene rings is 10. The molecule has 0 unspecified atom stereocenters. The van der Waals surface area contributed by atoms with E-state index in [2.05, 4.69) is 263 Å². The smallest absolute Gasteiger partial charge is 0.0488 e. The van der Waals surface area contributed by atoms with Crippen molar-refractivity contribution in [3.05, 3.63) is 249 Å². The Balaban J connectivity index is 1.01. The zero-order chi connectivity index (χ0) is 43.1. The lowest BCUT2D eigenvalue weighted by Crippen LogP contribution is -2.13. The van der Waals surface area contributed by atoms with Gasteiger partial charge in [-0.3, -0.25) is 0 Å². The predicted molar refractivity (Wildman–Crippen MR) is 282 cm³/mol. The highest BCUT2D eigenvalue weighted by Gasteiger charge is 2.21. The minimum Gasteiger partial charge on any atom is -0.310 e. The van der Waals surface area contributed by atoms with Crippen LogP contribution in [-0.2, 0) is 0 Å². The Kier molecular flexibility index (Phi) is 9.90. The summed E-state index contributed by atoms with van der Waals surface area (Å²) in [5.74, 6) is 0. The SMILES string of the molecule is c1ccc(N(c2ccccc2)c2cc(-c3ccc4c(c3)sc3cc(N(c5ccccc5)c5ccc6sc7ccccc7c6c5)ccc34)cc(N(c3ccccc3)c3ccccc3)c2)cc1. The van der Waals surface area contributed by atoms with Gasteiger partial charge in [-0.25, -0.2) is 0 Å². The second-order valence-electron chi connectivity index (χ2n) is 16.2. The Hall–Kier alpha value is -7.96. The summed E-state index contributed by atoms with van der Waals surface area (Å²) in [6.45, 7) is 0. The average Bonchev–Trinajstić information content (AvgIpc) is 3.93. The first-order valence-corrected chi connectivity index (χ1v) is 23.5. The molecule has 0 aliphatic rings. The molecule has 0 saturated carbocycles. The number of thiophene rings is 2. The fourth-order valence-electron chi connectivity index (χ4n) is 9.18. The molecule has 12 aromatic rings. The lowest BCUT2D eigenvalue weighted by Gasteiger charge is -2.30. The van der Waals surface area contributed by atoms with E-state index in [0.29, 0.717) is 0 Å². The van der Waals surface area contributed by atoms with Crippen LogP contribution in [0.4, 0.5) is 51.2 Å². The standard InChI is InChI=1S/C60H41N3S2/c1-6-18-44(19-7-1)61(45-20-8-2-9-21-45)51-36-43(37-52(39-51)62(46-22-10-3-11-23-46)47-24-12-4-13-25-47)42-30-33-54-55-34-31-50(41-60(55)65-59(54)38-42)63(48-26-14-5-15-27-48)49-32-35-58-56(40-49)53-28-16-17-29-57(53)64-58/h1-41H. The van der Waals surface area contributed by atoms with Crippen molar-refractivity contribution in [3.8, 4) is 11.1 Å². The van der Waals surface area contributed by atoms with Gasteiger partial charge in [0.2, 0.25) is 0 Å². The summed E-state index contributed by atoms with van der Waals surface area (Å²) in [5.41, 5.74) is 12.2. The number of hydrogen-bond donors (Lipinski definition) is 0. The Bertz CT molecular complexity index is 3430. The molecule has 0 atom stereocenters. The van der Waals surface area contributed by atoms with Crippen molar-refractivity contribution in [1.29, 1.82) is 0 Å². The van der Waals surface area contributed by atoms with E-state index in [1.807, 2.05) is 22.7 Å². The molecule has 3 nitrogen and oxygen atoms in total. The van der Waals surface area contributed by atoms with Gasteiger partial charge in [-0.2, -0.15) is 0 Å². The summed E-state index contributed by atoms with van der Waals surface area (Å²) in [6.07, 6.45) is 0. The Morgan fingerprint density at radius 3 is 1.12 bits per heavy atom. The normalized spacial score (nSPS) is 11.4. The van der Waals surface area contributed by atoms with Crippen molar-refractivity contribution in [2.24, 2.45) is 0 Å². The molecule has 308 valence electrons. The van der Waals surface area contributed by atoms with Crippen LogP contribution in [0.5, 0.6) is 0 Å². The first kappa shape index (κ1) is 38.7. The van der Waals surface area contributed by atoms with Gasteiger partial charge < -0.3 is 14.7 Å². The molecule has 0 aliphatic heterocycles. The molecule has 0 bridgehead atoms. The summed E-state index contributed by atoms with van der Waals surface area (Å²) in [5, 5.41) is 5.12. The monoisotopic (exact) mass is 867 g/mol. The van der Waals surface area contributed by atoms with Gasteiger partial charge in [0.15, 0.2) is 0 Å². The maximum absolute atomic E-state index is 2.39. The second kappa shape index (κ2) is 16.6. The molecule has 0 amide bonds. The van der Waals surface area contributed by atoms with E-state index in [1.54, 1.807) is 0 Å². The van der Waals surface area contributed by atoms with Crippen LogP contribution in [0, 0.1) is 0 Å². The fraction of sp³-hybridized carbons (Fsp3) is 0. The molecule has 0 spiro atoms. The van der Waals surface area contributed by atoms with Gasteiger partial charge >= 0.3 is 0 Å². The van der Waals surface area contributed by atoms with E-state index < -0.39 is 0 Å². The van der Waals surface area contributed by atoms with E-state index in [4.69, 9.17) is 0 Å². The Labute approximate surface area is 386 Å². The topological polar surface area (TPSA) is 9.72 Å². The van der Waals surface area contributed by atoms with E-state index >= 15 is 0 Å². The Morgan fingerprint density at radius 2 is 0.585 bits per heavy atom. The number of fused-ring (bicyclic) bond motifs is 6. The molecule has 5 heteroatoms. The van der Waals surface area contributed by atoms with Crippen LogP contribution in [0.3, 0.4) is 0 Å². The van der Waals surface area contributed by atoms with E-state index in [0.717, 1.165) is 62.3 Å². The highest BCUT2D eigenvalue weighted by Crippen LogP contribution is 2.46. The van der Waals surface area contributed by atoms with E-state index in [-0.39, 0.29) is 0 Å². The Morgan fingerprint density at radius 1 is 0.200 bits per heavy atom. The average molecular weight is 868 g/mol. The van der Waals surface area contributed by atoms with Crippen LogP contribution in [0.2, 0.25) is 0 Å². The van der Waals surface area contributed by atoms with Crippen LogP contribution < -0.4 is 14.7 Å². The summed E-state index contributed by atoms with van der Waals surface area (Å²) < 4.78 is 5.13. The molecule has 2 aromatic heterocycles. The summed E-state index contributed by atoms with van der Waals surface area (Å²) in [4.78, 5) is 7.11. The zero-order valence-electron chi connectivity index (χ0n) is 35.3. The number of anilines is 9. The van der Waals surface area contributed by atoms with Crippen molar-refractivity contribution in [3.63, 3.8) is 0 Å². The van der Waals surface area contributed by atoms with Crippen molar-refractivity contribution in [2.75, 3.05) is 14.7 Å². The van der Waals surface area contributed by atoms with Crippen LogP contribution in [0.25, 0.3) is 51.5 Å². The van der Waals surface area contributed by atoms with Crippen molar-refractivity contribution in [2.45, 2.75) is 0 Å².